The van der Waals surface area contributed by atoms with Crippen LogP contribution in [0.1, 0.15) is 38.7 Å². The SMILES string of the molecule is Cc1cccc(C)c1C[C@H](NC(=O)[C@H](O)[C@@H](NC(=O)c1ccccc1)c1ccccc1)C(N)=O. The first-order chi connectivity index (χ1) is 16.3. The number of nitrogens with two attached hydrogens (primary N) is 1. The Labute approximate surface area is 199 Å². The predicted octanol–water partition coefficient (Wildman–Crippen LogP) is 2.35. The van der Waals surface area contributed by atoms with Gasteiger partial charge in [0.25, 0.3) is 11.8 Å². The van der Waals surface area contributed by atoms with Gasteiger partial charge in [-0.2, -0.15) is 0 Å². The maximum Gasteiger partial charge on any atom is 0.252 e. The van der Waals surface area contributed by atoms with Crippen LogP contribution in [0.4, 0.5) is 0 Å². The number of nitrogens with one attached hydrogen (secondary N) is 2. The number of aliphatic hydroxyl groups excluding tert-OH is 1. The van der Waals surface area contributed by atoms with Gasteiger partial charge in [-0.25, -0.2) is 0 Å². The Morgan fingerprint density at radius 2 is 1.38 bits per heavy atom. The van der Waals surface area contributed by atoms with E-state index in [1.54, 1.807) is 60.7 Å². The lowest BCUT2D eigenvalue weighted by Gasteiger charge is -2.26. The van der Waals surface area contributed by atoms with Gasteiger partial charge in [-0.1, -0.05) is 66.7 Å². The molecule has 3 amide bonds. The molecule has 0 unspecified atom stereocenters. The van der Waals surface area contributed by atoms with Gasteiger partial charge in [-0.3, -0.25) is 14.4 Å². The van der Waals surface area contributed by atoms with Crippen LogP contribution in [0.3, 0.4) is 0 Å². The fourth-order valence-corrected chi connectivity index (χ4v) is 3.83. The topological polar surface area (TPSA) is 122 Å². The molecular weight excluding hydrogens is 430 g/mol. The largest absolute Gasteiger partial charge is 0.381 e. The Morgan fingerprint density at radius 3 is 1.94 bits per heavy atom. The first-order valence-electron chi connectivity index (χ1n) is 11.0. The molecule has 0 aromatic heterocycles. The van der Waals surface area contributed by atoms with E-state index in [1.807, 2.05) is 32.0 Å². The smallest absolute Gasteiger partial charge is 0.252 e. The molecule has 0 fully saturated rings. The number of hydrogen-bond acceptors (Lipinski definition) is 4. The Kier molecular flexibility index (Phi) is 8.16. The molecule has 0 saturated carbocycles. The number of carbonyl (C=O) groups is 3. The molecule has 7 nitrogen and oxygen atoms in total. The zero-order valence-corrected chi connectivity index (χ0v) is 19.2. The van der Waals surface area contributed by atoms with Crippen LogP contribution in [0.25, 0.3) is 0 Å². The van der Waals surface area contributed by atoms with Crippen LogP contribution in [0.5, 0.6) is 0 Å². The molecule has 0 aliphatic rings. The van der Waals surface area contributed by atoms with Gasteiger partial charge in [-0.15, -0.1) is 0 Å². The van der Waals surface area contributed by atoms with E-state index in [0.717, 1.165) is 16.7 Å². The first kappa shape index (κ1) is 24.7. The van der Waals surface area contributed by atoms with Crippen molar-refractivity contribution in [3.63, 3.8) is 0 Å². The highest BCUT2D eigenvalue weighted by molar-refractivity contribution is 5.95. The van der Waals surface area contributed by atoms with E-state index in [4.69, 9.17) is 5.73 Å². The summed E-state index contributed by atoms with van der Waals surface area (Å²) in [6, 6.07) is 20.9. The number of carbonyl (C=O) groups excluding carboxylic acids is 3. The lowest BCUT2D eigenvalue weighted by atomic mass is 9.95. The van der Waals surface area contributed by atoms with Crippen molar-refractivity contribution >= 4 is 17.7 Å². The molecule has 0 bridgehead atoms. The molecule has 3 aromatic carbocycles. The predicted molar refractivity (Wildman–Crippen MR) is 130 cm³/mol. The molecule has 0 radical (unpaired) electrons. The summed E-state index contributed by atoms with van der Waals surface area (Å²) in [5.74, 6) is -1.96. The third kappa shape index (κ3) is 6.08. The van der Waals surface area contributed by atoms with Crippen LogP contribution in [0.2, 0.25) is 0 Å². The Balaban J connectivity index is 1.81. The van der Waals surface area contributed by atoms with Crippen molar-refractivity contribution in [2.75, 3.05) is 0 Å². The molecule has 0 aliphatic carbocycles. The number of aliphatic hydroxyl groups is 1. The zero-order chi connectivity index (χ0) is 24.7. The Bertz CT molecular complexity index is 1130. The first-order valence-corrected chi connectivity index (χ1v) is 11.0. The average molecular weight is 460 g/mol. The molecule has 0 spiro atoms. The van der Waals surface area contributed by atoms with Gasteiger partial charge >= 0.3 is 0 Å². The molecular formula is C27H29N3O4. The highest BCUT2D eigenvalue weighted by Crippen LogP contribution is 2.20. The van der Waals surface area contributed by atoms with Crippen LogP contribution in [-0.2, 0) is 16.0 Å². The molecule has 3 aromatic rings. The van der Waals surface area contributed by atoms with Gasteiger partial charge < -0.3 is 21.5 Å². The van der Waals surface area contributed by atoms with Crippen molar-refractivity contribution < 1.29 is 19.5 Å². The highest BCUT2D eigenvalue weighted by atomic mass is 16.3. The minimum absolute atomic E-state index is 0.193. The summed E-state index contributed by atoms with van der Waals surface area (Å²) in [6.07, 6.45) is -1.46. The van der Waals surface area contributed by atoms with Crippen molar-refractivity contribution in [3.8, 4) is 0 Å². The van der Waals surface area contributed by atoms with Crippen molar-refractivity contribution in [1.29, 1.82) is 0 Å². The quantitative estimate of drug-likeness (QED) is 0.392. The lowest BCUT2D eigenvalue weighted by molar-refractivity contribution is -0.134. The molecule has 7 heteroatoms. The normalized spacial score (nSPS) is 13.4. The minimum atomic E-state index is -1.66. The van der Waals surface area contributed by atoms with E-state index in [-0.39, 0.29) is 6.42 Å². The fraction of sp³-hybridized carbons (Fsp3) is 0.222. The van der Waals surface area contributed by atoms with Gasteiger partial charge in [0.15, 0.2) is 6.10 Å². The molecule has 176 valence electrons. The number of amides is 3. The van der Waals surface area contributed by atoms with E-state index in [0.29, 0.717) is 11.1 Å². The zero-order valence-electron chi connectivity index (χ0n) is 19.2. The van der Waals surface area contributed by atoms with Gasteiger partial charge in [0.05, 0.1) is 6.04 Å². The summed E-state index contributed by atoms with van der Waals surface area (Å²) in [5.41, 5.74) is 9.35. The standard InChI is InChI=1S/C27H29N3O4/c1-17-10-9-11-18(2)21(17)16-22(25(28)32)29-27(34)24(31)23(19-12-5-3-6-13-19)30-26(33)20-14-7-4-8-15-20/h3-15,22-24,31H,16H2,1-2H3,(H2,28,32)(H,29,34)(H,30,33)/t22-,23-,24+/m0/s1. The van der Waals surface area contributed by atoms with Gasteiger partial charge in [0.2, 0.25) is 5.91 Å². The molecule has 3 atom stereocenters. The van der Waals surface area contributed by atoms with E-state index < -0.39 is 35.9 Å². The van der Waals surface area contributed by atoms with Gasteiger partial charge in [0, 0.05) is 12.0 Å². The maximum absolute atomic E-state index is 13.0. The maximum atomic E-state index is 13.0. The number of primary amides is 1. The van der Waals surface area contributed by atoms with Crippen LogP contribution < -0.4 is 16.4 Å². The number of hydrogen-bond donors (Lipinski definition) is 4. The van der Waals surface area contributed by atoms with Crippen LogP contribution in [0, 0.1) is 13.8 Å². The van der Waals surface area contributed by atoms with E-state index in [9.17, 15) is 19.5 Å². The molecule has 0 heterocycles. The highest BCUT2D eigenvalue weighted by Gasteiger charge is 2.32. The molecule has 34 heavy (non-hydrogen) atoms. The van der Waals surface area contributed by atoms with Gasteiger partial charge in [0.1, 0.15) is 6.04 Å². The number of rotatable bonds is 9. The minimum Gasteiger partial charge on any atom is -0.381 e. The van der Waals surface area contributed by atoms with Crippen molar-refractivity contribution in [3.05, 3.63) is 107 Å². The van der Waals surface area contributed by atoms with Crippen molar-refractivity contribution in [1.82, 2.24) is 10.6 Å². The summed E-state index contributed by atoms with van der Waals surface area (Å²) in [5, 5.41) is 16.3. The van der Waals surface area contributed by atoms with E-state index in [1.165, 1.54) is 0 Å². The summed E-state index contributed by atoms with van der Waals surface area (Å²) in [7, 11) is 0. The van der Waals surface area contributed by atoms with Crippen molar-refractivity contribution in [2.45, 2.75) is 38.5 Å². The molecule has 0 aliphatic heterocycles. The monoisotopic (exact) mass is 459 g/mol. The third-order valence-corrected chi connectivity index (χ3v) is 5.78. The Hall–Kier alpha value is -3.97. The summed E-state index contributed by atoms with van der Waals surface area (Å²) < 4.78 is 0. The number of aryl methyl sites for hydroxylation is 2. The average Bonchev–Trinajstić information content (AvgIpc) is 2.84. The molecule has 0 saturated heterocycles. The van der Waals surface area contributed by atoms with Crippen LogP contribution in [0.15, 0.2) is 78.9 Å². The second kappa shape index (κ2) is 11.2. The van der Waals surface area contributed by atoms with Crippen molar-refractivity contribution in [2.24, 2.45) is 5.73 Å². The molecule has 3 rings (SSSR count). The second-order valence-electron chi connectivity index (χ2n) is 8.21. The van der Waals surface area contributed by atoms with E-state index in [2.05, 4.69) is 10.6 Å². The fourth-order valence-electron chi connectivity index (χ4n) is 3.83. The summed E-state index contributed by atoms with van der Waals surface area (Å²) in [4.78, 5) is 37.9. The van der Waals surface area contributed by atoms with Gasteiger partial charge in [-0.05, 0) is 48.2 Å². The summed E-state index contributed by atoms with van der Waals surface area (Å²) >= 11 is 0. The lowest BCUT2D eigenvalue weighted by Crippen LogP contribution is -2.52. The third-order valence-electron chi connectivity index (χ3n) is 5.78. The molecule has 5 N–H and O–H groups in total. The Morgan fingerprint density at radius 1 is 0.824 bits per heavy atom. The number of benzene rings is 3. The van der Waals surface area contributed by atoms with Crippen LogP contribution >= 0.6 is 0 Å². The summed E-state index contributed by atoms with van der Waals surface area (Å²) in [6.45, 7) is 3.84. The van der Waals surface area contributed by atoms with E-state index >= 15 is 0 Å². The van der Waals surface area contributed by atoms with Crippen LogP contribution in [-0.4, -0.2) is 35.0 Å². The second-order valence-corrected chi connectivity index (χ2v) is 8.21.